The van der Waals surface area contributed by atoms with Gasteiger partial charge in [0, 0.05) is 17.0 Å². The minimum atomic E-state index is -0.757. The van der Waals surface area contributed by atoms with E-state index < -0.39 is 17.5 Å². The van der Waals surface area contributed by atoms with Crippen molar-refractivity contribution in [1.82, 2.24) is 9.71 Å². The summed E-state index contributed by atoms with van der Waals surface area (Å²) >= 11 is 0. The molecule has 1 aromatic carbocycles. The molecule has 0 saturated heterocycles. The maximum Gasteiger partial charge on any atom is 0.358 e. The number of carbonyl (C=O) groups excluding carboxylic acids is 1. The van der Waals surface area contributed by atoms with E-state index >= 15 is 0 Å². The molecule has 108 valence electrons. The molecular formula is C14H11N2O5-. The molecule has 0 spiro atoms. The third-order valence-corrected chi connectivity index (χ3v) is 3.21. The molecule has 21 heavy (non-hydrogen) atoms. The number of hydrogen-bond donors (Lipinski definition) is 2. The molecular weight excluding hydrogens is 276 g/mol. The zero-order chi connectivity index (χ0) is 15.1. The third-order valence-electron chi connectivity index (χ3n) is 3.21. The number of esters is 1. The molecule has 0 aliphatic carbocycles. The first kappa shape index (κ1) is 13.0. The largest absolute Gasteiger partial charge is 0.869 e. The molecule has 0 fully saturated rings. The number of phenolic OH excluding ortho intramolecular Hbond substituents is 1. The minimum Gasteiger partial charge on any atom is -0.869 e. The predicted octanol–water partition coefficient (Wildman–Crippen LogP) is 1.38. The zero-order valence-electron chi connectivity index (χ0n) is 11.0. The minimum absolute atomic E-state index is 0.0264. The highest BCUT2D eigenvalue weighted by Gasteiger charge is 2.20. The van der Waals surface area contributed by atoms with Crippen molar-refractivity contribution < 1.29 is 25.0 Å². The Hall–Kier alpha value is -2.96. The first-order chi connectivity index (χ1) is 10.1. The summed E-state index contributed by atoms with van der Waals surface area (Å²) in [6, 6.07) is 4.38. The molecule has 7 nitrogen and oxygen atoms in total. The topological polar surface area (TPSA) is 108 Å². The number of nitrogens with zero attached hydrogens (tertiary/aromatic N) is 2. The quantitative estimate of drug-likeness (QED) is 0.544. The van der Waals surface area contributed by atoms with Crippen molar-refractivity contribution in [2.75, 3.05) is 6.61 Å². The van der Waals surface area contributed by atoms with E-state index in [-0.39, 0.29) is 28.7 Å². The van der Waals surface area contributed by atoms with Gasteiger partial charge in [-0.25, -0.2) is 4.79 Å². The fraction of sp³-hybridized carbons (Fsp3) is 0.143. The average Bonchev–Trinajstić information content (AvgIpc) is 2.83. The predicted molar refractivity (Wildman–Crippen MR) is 71.5 cm³/mol. The van der Waals surface area contributed by atoms with E-state index in [9.17, 15) is 20.2 Å². The van der Waals surface area contributed by atoms with Crippen molar-refractivity contribution in [3.63, 3.8) is 0 Å². The summed E-state index contributed by atoms with van der Waals surface area (Å²) in [5, 5.41) is 32.6. The molecule has 2 heterocycles. The molecule has 3 aromatic rings. The van der Waals surface area contributed by atoms with Crippen molar-refractivity contribution in [2.24, 2.45) is 0 Å². The van der Waals surface area contributed by atoms with E-state index in [0.29, 0.717) is 10.1 Å². The lowest BCUT2D eigenvalue weighted by molar-refractivity contribution is -0.267. The number of benzene rings is 1. The molecule has 2 N–H and O–H groups in total. The third kappa shape index (κ3) is 1.74. The van der Waals surface area contributed by atoms with Crippen LogP contribution >= 0.6 is 0 Å². The van der Waals surface area contributed by atoms with E-state index in [1.807, 2.05) is 0 Å². The van der Waals surface area contributed by atoms with Crippen LogP contribution in [0.4, 0.5) is 0 Å². The van der Waals surface area contributed by atoms with Crippen LogP contribution in [-0.2, 0) is 4.74 Å². The standard InChI is InChI=1S/C14H12N2O5/c1-2-21-14(19)9-6-8-11(16(9)20)7-4-3-5-15-10(7)13(18)12(8)17/h3-6,17-18,20H,2H2,1H3/p-1. The van der Waals surface area contributed by atoms with Crippen LogP contribution in [0.5, 0.6) is 11.5 Å². The summed E-state index contributed by atoms with van der Waals surface area (Å²) in [6.45, 7) is 1.77. The second-order valence-corrected chi connectivity index (χ2v) is 4.40. The van der Waals surface area contributed by atoms with Gasteiger partial charge >= 0.3 is 5.97 Å². The summed E-state index contributed by atoms with van der Waals surface area (Å²) in [6.07, 6.45) is 1.42. The monoisotopic (exact) mass is 287 g/mol. The summed E-state index contributed by atoms with van der Waals surface area (Å²) in [5.74, 6) is -1.97. The van der Waals surface area contributed by atoms with Gasteiger partial charge in [-0.1, -0.05) is 5.75 Å². The van der Waals surface area contributed by atoms with Crippen LogP contribution in [0.15, 0.2) is 24.4 Å². The molecule has 0 radical (unpaired) electrons. The number of aromatic hydroxyl groups is 1. The molecule has 0 atom stereocenters. The van der Waals surface area contributed by atoms with Gasteiger partial charge in [-0.05, 0) is 25.1 Å². The summed E-state index contributed by atoms with van der Waals surface area (Å²) in [5.41, 5.74) is 0.00228. The molecule has 0 aliphatic heterocycles. The van der Waals surface area contributed by atoms with E-state index in [1.165, 1.54) is 12.3 Å². The van der Waals surface area contributed by atoms with Gasteiger partial charge in [0.1, 0.15) is 11.3 Å². The Labute approximate surface area is 118 Å². The first-order valence-electron chi connectivity index (χ1n) is 6.24. The molecule has 2 aromatic heterocycles. The lowest BCUT2D eigenvalue weighted by atomic mass is 10.1. The number of carbonyl (C=O) groups is 1. The number of fused-ring (bicyclic) bond motifs is 3. The summed E-state index contributed by atoms with van der Waals surface area (Å²) in [7, 11) is 0. The van der Waals surface area contributed by atoms with Crippen molar-refractivity contribution >= 4 is 27.8 Å². The van der Waals surface area contributed by atoms with Crippen LogP contribution in [0, 0.1) is 0 Å². The number of ether oxygens (including phenoxy) is 1. The maximum atomic E-state index is 12.1. The highest BCUT2D eigenvalue weighted by atomic mass is 16.5. The average molecular weight is 287 g/mol. The van der Waals surface area contributed by atoms with Crippen LogP contribution < -0.4 is 5.11 Å². The van der Waals surface area contributed by atoms with E-state index in [0.717, 1.165) is 0 Å². The normalized spacial score (nSPS) is 11.1. The Morgan fingerprint density at radius 1 is 1.48 bits per heavy atom. The lowest BCUT2D eigenvalue weighted by Gasteiger charge is -2.13. The summed E-state index contributed by atoms with van der Waals surface area (Å²) < 4.78 is 5.42. The fourth-order valence-electron chi connectivity index (χ4n) is 2.30. The molecule has 0 aliphatic rings. The van der Waals surface area contributed by atoms with Gasteiger partial charge < -0.3 is 20.2 Å². The van der Waals surface area contributed by atoms with E-state index in [4.69, 9.17) is 4.74 Å². The molecule has 3 rings (SSSR count). The second-order valence-electron chi connectivity index (χ2n) is 4.40. The molecule has 7 heteroatoms. The molecule has 0 saturated carbocycles. The van der Waals surface area contributed by atoms with Crippen LogP contribution in [0.3, 0.4) is 0 Å². The Balaban J connectivity index is 2.44. The number of pyridine rings is 1. The molecule has 0 amide bonds. The number of aromatic nitrogens is 2. The van der Waals surface area contributed by atoms with Gasteiger partial charge in [0.25, 0.3) is 0 Å². The van der Waals surface area contributed by atoms with Crippen molar-refractivity contribution in [3.05, 3.63) is 30.1 Å². The Bertz CT molecular complexity index is 869. The Morgan fingerprint density at radius 2 is 2.24 bits per heavy atom. The fourth-order valence-corrected chi connectivity index (χ4v) is 2.30. The van der Waals surface area contributed by atoms with E-state index in [2.05, 4.69) is 4.98 Å². The molecule has 0 unspecified atom stereocenters. The van der Waals surface area contributed by atoms with E-state index in [1.54, 1.807) is 19.1 Å². The molecule has 0 bridgehead atoms. The Morgan fingerprint density at radius 3 is 2.95 bits per heavy atom. The van der Waals surface area contributed by atoms with Crippen molar-refractivity contribution in [3.8, 4) is 11.5 Å². The summed E-state index contributed by atoms with van der Waals surface area (Å²) in [4.78, 5) is 15.7. The first-order valence-corrected chi connectivity index (χ1v) is 6.24. The van der Waals surface area contributed by atoms with Gasteiger partial charge in [-0.2, -0.15) is 4.73 Å². The van der Waals surface area contributed by atoms with Crippen LogP contribution in [0.1, 0.15) is 17.4 Å². The van der Waals surface area contributed by atoms with Crippen LogP contribution in [0.25, 0.3) is 21.8 Å². The lowest BCUT2D eigenvalue weighted by Crippen LogP contribution is -2.10. The smallest absolute Gasteiger partial charge is 0.358 e. The SMILES string of the molecule is CCOC(=O)c1cc2c([O-])c(O)c3ncccc3c2n1O. The van der Waals surface area contributed by atoms with Gasteiger partial charge in [0.05, 0.1) is 12.1 Å². The van der Waals surface area contributed by atoms with Crippen molar-refractivity contribution in [1.29, 1.82) is 0 Å². The van der Waals surface area contributed by atoms with Gasteiger partial charge in [0.2, 0.25) is 0 Å². The highest BCUT2D eigenvalue weighted by molar-refractivity contribution is 6.12. The maximum absolute atomic E-state index is 12.1. The highest BCUT2D eigenvalue weighted by Crippen LogP contribution is 2.40. The Kier molecular flexibility index (Phi) is 2.83. The second kappa shape index (κ2) is 4.55. The number of phenols is 1. The zero-order valence-corrected chi connectivity index (χ0v) is 11.0. The number of rotatable bonds is 2. The van der Waals surface area contributed by atoms with Gasteiger partial charge in [-0.3, -0.25) is 4.98 Å². The van der Waals surface area contributed by atoms with Crippen LogP contribution in [-0.4, -0.2) is 32.6 Å². The van der Waals surface area contributed by atoms with Crippen LogP contribution in [0.2, 0.25) is 0 Å². The van der Waals surface area contributed by atoms with Gasteiger partial charge in [-0.15, -0.1) is 0 Å². The number of hydrogen-bond acceptors (Lipinski definition) is 6. The van der Waals surface area contributed by atoms with Gasteiger partial charge in [0.15, 0.2) is 5.69 Å². The van der Waals surface area contributed by atoms with Crippen molar-refractivity contribution in [2.45, 2.75) is 6.92 Å².